The van der Waals surface area contributed by atoms with Crippen LogP contribution in [-0.2, 0) is 14.3 Å². The lowest BCUT2D eigenvalue weighted by Gasteiger charge is -2.06. The molecule has 1 aromatic carbocycles. The van der Waals surface area contributed by atoms with Gasteiger partial charge in [-0.25, -0.2) is 0 Å². The molecule has 0 aliphatic rings. The molecule has 5 heteroatoms. The maximum absolute atomic E-state index is 11.5. The van der Waals surface area contributed by atoms with Crippen LogP contribution in [0.15, 0.2) is 24.3 Å². The van der Waals surface area contributed by atoms with Gasteiger partial charge in [0.2, 0.25) is 5.91 Å². The number of aliphatic hydroxyl groups excluding tert-OH is 1. The Hall–Kier alpha value is -1.87. The monoisotopic (exact) mass is 263 g/mol. The number of aliphatic hydroxyl groups is 1. The summed E-state index contributed by atoms with van der Waals surface area (Å²) < 4.78 is 9.91. The lowest BCUT2D eigenvalue weighted by molar-refractivity contribution is -0.121. The van der Waals surface area contributed by atoms with Crippen molar-refractivity contribution in [1.29, 1.82) is 0 Å². The highest BCUT2D eigenvalue weighted by Crippen LogP contribution is 2.09. The molecule has 1 amide bonds. The number of ether oxygens (including phenoxy) is 2. The molecule has 102 valence electrons. The van der Waals surface area contributed by atoms with Crippen LogP contribution < -0.4 is 5.32 Å². The molecule has 19 heavy (non-hydrogen) atoms. The predicted molar refractivity (Wildman–Crippen MR) is 71.7 cm³/mol. The third-order valence-electron chi connectivity index (χ3n) is 2.12. The van der Waals surface area contributed by atoms with Crippen molar-refractivity contribution in [2.45, 2.75) is 0 Å². The first-order chi connectivity index (χ1) is 9.26. The number of amides is 1. The van der Waals surface area contributed by atoms with E-state index in [0.29, 0.717) is 18.9 Å². The molecule has 1 rings (SSSR count). The first-order valence-electron chi connectivity index (χ1n) is 5.82. The fourth-order valence-corrected chi connectivity index (χ4v) is 1.32. The fraction of sp³-hybridized carbons (Fsp3) is 0.357. The molecule has 0 aliphatic heterocycles. The predicted octanol–water partition coefficient (Wildman–Crippen LogP) is 0.632. The first-order valence-corrected chi connectivity index (χ1v) is 5.82. The lowest BCUT2D eigenvalue weighted by atomic mass is 10.2. The summed E-state index contributed by atoms with van der Waals surface area (Å²) in [4.78, 5) is 11.5. The highest BCUT2D eigenvalue weighted by molar-refractivity contribution is 5.91. The number of hydrogen-bond donors (Lipinski definition) is 2. The second kappa shape index (κ2) is 9.11. The number of methoxy groups -OCH3 is 1. The average Bonchev–Trinajstić information content (AvgIpc) is 2.42. The summed E-state index contributed by atoms with van der Waals surface area (Å²) in [7, 11) is 1.57. The Balaban J connectivity index is 2.45. The van der Waals surface area contributed by atoms with Crippen molar-refractivity contribution in [3.05, 3.63) is 29.8 Å². The van der Waals surface area contributed by atoms with E-state index in [-0.39, 0.29) is 19.1 Å². The highest BCUT2D eigenvalue weighted by Gasteiger charge is 2.02. The van der Waals surface area contributed by atoms with Crippen LogP contribution in [0.3, 0.4) is 0 Å². The Bertz CT molecular complexity index is 462. The number of hydrogen-bond acceptors (Lipinski definition) is 4. The molecule has 1 aromatic rings. The Kier molecular flexibility index (Phi) is 7.28. The zero-order chi connectivity index (χ0) is 13.9. The standard InChI is InChI=1S/C14H17NO4/c1-18-8-9-19-11-14(17)15-13-6-2-4-12(10-13)5-3-7-16/h2,4,6,10,16H,7-9,11H2,1H3,(H,15,17). The largest absolute Gasteiger partial charge is 0.384 e. The molecule has 2 N–H and O–H groups in total. The minimum atomic E-state index is -0.233. The summed E-state index contributed by atoms with van der Waals surface area (Å²) in [5.41, 5.74) is 1.37. The van der Waals surface area contributed by atoms with Crippen LogP contribution in [0, 0.1) is 11.8 Å². The third kappa shape index (κ3) is 6.58. The van der Waals surface area contributed by atoms with E-state index in [9.17, 15) is 4.79 Å². The number of carbonyl (C=O) groups excluding carboxylic acids is 1. The van der Waals surface area contributed by atoms with E-state index < -0.39 is 0 Å². The van der Waals surface area contributed by atoms with Crippen molar-refractivity contribution < 1.29 is 19.4 Å². The smallest absolute Gasteiger partial charge is 0.250 e. The maximum atomic E-state index is 11.5. The van der Waals surface area contributed by atoms with Gasteiger partial charge in [0, 0.05) is 18.4 Å². The van der Waals surface area contributed by atoms with E-state index in [1.165, 1.54) is 0 Å². The Labute approximate surface area is 112 Å². The zero-order valence-corrected chi connectivity index (χ0v) is 10.8. The molecule has 0 atom stereocenters. The van der Waals surface area contributed by atoms with Crippen molar-refractivity contribution in [3.63, 3.8) is 0 Å². The lowest BCUT2D eigenvalue weighted by Crippen LogP contribution is -2.19. The number of anilines is 1. The van der Waals surface area contributed by atoms with Crippen LogP contribution in [0.2, 0.25) is 0 Å². The van der Waals surface area contributed by atoms with Gasteiger partial charge in [-0.15, -0.1) is 0 Å². The number of nitrogens with one attached hydrogen (secondary N) is 1. The Morgan fingerprint density at radius 1 is 1.42 bits per heavy atom. The molecule has 0 aromatic heterocycles. The molecule has 0 fully saturated rings. The van der Waals surface area contributed by atoms with Crippen LogP contribution in [-0.4, -0.2) is 44.6 Å². The summed E-state index contributed by atoms with van der Waals surface area (Å²) in [6, 6.07) is 7.07. The molecule has 0 unspecified atom stereocenters. The van der Waals surface area contributed by atoms with E-state index in [1.54, 1.807) is 31.4 Å². The first kappa shape index (κ1) is 15.2. The molecule has 0 saturated carbocycles. The van der Waals surface area contributed by atoms with Gasteiger partial charge in [0.25, 0.3) is 0 Å². The minimum absolute atomic E-state index is 0.0180. The van der Waals surface area contributed by atoms with Crippen molar-refractivity contribution in [2.24, 2.45) is 0 Å². The van der Waals surface area contributed by atoms with Gasteiger partial charge in [-0.2, -0.15) is 0 Å². The average molecular weight is 263 g/mol. The summed E-state index contributed by atoms with van der Waals surface area (Å²) in [6.07, 6.45) is 0. The molecule has 0 saturated heterocycles. The van der Waals surface area contributed by atoms with Gasteiger partial charge in [-0.3, -0.25) is 4.79 Å². The van der Waals surface area contributed by atoms with Gasteiger partial charge < -0.3 is 19.9 Å². The molecule has 0 spiro atoms. The minimum Gasteiger partial charge on any atom is -0.384 e. The quantitative estimate of drug-likeness (QED) is 0.583. The summed E-state index contributed by atoms with van der Waals surface area (Å²) in [6.45, 7) is 0.630. The highest BCUT2D eigenvalue weighted by atomic mass is 16.5. The van der Waals surface area contributed by atoms with E-state index >= 15 is 0 Å². The Morgan fingerprint density at radius 2 is 2.26 bits per heavy atom. The second-order valence-electron chi connectivity index (χ2n) is 3.63. The number of rotatable bonds is 6. The molecular formula is C14H17NO4. The van der Waals surface area contributed by atoms with Crippen LogP contribution in [0.5, 0.6) is 0 Å². The number of carbonyl (C=O) groups is 1. The second-order valence-corrected chi connectivity index (χ2v) is 3.63. The molecular weight excluding hydrogens is 246 g/mol. The van der Waals surface area contributed by atoms with Crippen molar-refractivity contribution in [3.8, 4) is 11.8 Å². The Morgan fingerprint density at radius 3 is 3.00 bits per heavy atom. The van der Waals surface area contributed by atoms with Gasteiger partial charge >= 0.3 is 0 Å². The van der Waals surface area contributed by atoms with Crippen molar-refractivity contribution in [1.82, 2.24) is 0 Å². The molecule has 0 heterocycles. The van der Waals surface area contributed by atoms with Gasteiger partial charge in [0.15, 0.2) is 0 Å². The van der Waals surface area contributed by atoms with Gasteiger partial charge in [-0.05, 0) is 18.2 Å². The van der Waals surface area contributed by atoms with Crippen LogP contribution in [0.1, 0.15) is 5.56 Å². The van der Waals surface area contributed by atoms with Crippen LogP contribution in [0.25, 0.3) is 0 Å². The topological polar surface area (TPSA) is 67.8 Å². The van der Waals surface area contributed by atoms with Crippen LogP contribution in [0.4, 0.5) is 5.69 Å². The van der Waals surface area contributed by atoms with Gasteiger partial charge in [-0.1, -0.05) is 17.9 Å². The fourth-order valence-electron chi connectivity index (χ4n) is 1.32. The maximum Gasteiger partial charge on any atom is 0.250 e. The number of benzene rings is 1. The zero-order valence-electron chi connectivity index (χ0n) is 10.8. The third-order valence-corrected chi connectivity index (χ3v) is 2.12. The summed E-state index contributed by atoms with van der Waals surface area (Å²) in [5, 5.41) is 11.3. The van der Waals surface area contributed by atoms with Crippen LogP contribution >= 0.6 is 0 Å². The molecule has 0 bridgehead atoms. The van der Waals surface area contributed by atoms with Gasteiger partial charge in [0.1, 0.15) is 13.2 Å². The molecule has 0 aliphatic carbocycles. The summed E-state index contributed by atoms with van der Waals surface area (Å²) >= 11 is 0. The van der Waals surface area contributed by atoms with Crippen molar-refractivity contribution >= 4 is 11.6 Å². The molecule has 5 nitrogen and oxygen atoms in total. The van der Waals surface area contributed by atoms with Gasteiger partial charge in [0.05, 0.1) is 13.2 Å². The van der Waals surface area contributed by atoms with E-state index in [1.807, 2.05) is 0 Å². The van der Waals surface area contributed by atoms with E-state index in [4.69, 9.17) is 14.6 Å². The van der Waals surface area contributed by atoms with E-state index in [2.05, 4.69) is 17.2 Å². The molecule has 0 radical (unpaired) electrons. The normalized spacial score (nSPS) is 9.58. The van der Waals surface area contributed by atoms with E-state index in [0.717, 1.165) is 5.56 Å². The van der Waals surface area contributed by atoms with Crippen molar-refractivity contribution in [2.75, 3.05) is 38.9 Å². The SMILES string of the molecule is COCCOCC(=O)Nc1cccc(C#CCO)c1. The summed E-state index contributed by atoms with van der Waals surface area (Å²) in [5.74, 6) is 5.08.